The van der Waals surface area contributed by atoms with Gasteiger partial charge in [-0.2, -0.15) is 0 Å². The highest BCUT2D eigenvalue weighted by atomic mass is 16.1. The highest BCUT2D eigenvalue weighted by molar-refractivity contribution is 5.38. The summed E-state index contributed by atoms with van der Waals surface area (Å²) in [5.41, 5.74) is 1.82. The van der Waals surface area contributed by atoms with Crippen molar-refractivity contribution in [2.45, 2.75) is 13.5 Å². The van der Waals surface area contributed by atoms with Gasteiger partial charge in [0.25, 0.3) is 11.1 Å². The summed E-state index contributed by atoms with van der Waals surface area (Å²) < 4.78 is 3.01. The Kier molecular flexibility index (Phi) is 2.95. The molecule has 0 aliphatic rings. The maximum absolute atomic E-state index is 12.0. The molecule has 5 heteroatoms. The SMILES string of the molecule is Cc1ccn(Cc2cc(=O)n3ccccc3n2)c(=O)c1. The summed E-state index contributed by atoms with van der Waals surface area (Å²) in [6.07, 6.45) is 3.39. The van der Waals surface area contributed by atoms with Crippen LogP contribution in [0.2, 0.25) is 0 Å². The number of rotatable bonds is 2. The van der Waals surface area contributed by atoms with Crippen molar-refractivity contribution in [3.63, 3.8) is 0 Å². The molecule has 0 saturated heterocycles. The van der Waals surface area contributed by atoms with Gasteiger partial charge in [0, 0.05) is 24.5 Å². The predicted molar refractivity (Wildman–Crippen MR) is 76.0 cm³/mol. The molecule has 3 rings (SSSR count). The molecule has 0 aliphatic heterocycles. The number of aromatic nitrogens is 3. The lowest BCUT2D eigenvalue weighted by molar-refractivity contribution is 0.734. The molecule has 0 bridgehead atoms. The minimum atomic E-state index is -0.147. The van der Waals surface area contributed by atoms with Crippen molar-refractivity contribution in [1.82, 2.24) is 14.0 Å². The zero-order valence-electron chi connectivity index (χ0n) is 11.0. The first kappa shape index (κ1) is 12.3. The van der Waals surface area contributed by atoms with Crippen LogP contribution in [0.25, 0.3) is 5.65 Å². The Hall–Kier alpha value is -2.69. The Morgan fingerprint density at radius 1 is 1.05 bits per heavy atom. The van der Waals surface area contributed by atoms with Gasteiger partial charge >= 0.3 is 0 Å². The van der Waals surface area contributed by atoms with Crippen LogP contribution in [0.5, 0.6) is 0 Å². The first-order valence-electron chi connectivity index (χ1n) is 6.28. The van der Waals surface area contributed by atoms with Crippen LogP contribution in [0.3, 0.4) is 0 Å². The average Bonchev–Trinajstić information content (AvgIpc) is 2.42. The second-order valence-corrected chi connectivity index (χ2v) is 4.68. The van der Waals surface area contributed by atoms with Crippen molar-refractivity contribution in [2.75, 3.05) is 0 Å². The van der Waals surface area contributed by atoms with Gasteiger partial charge in [-0.05, 0) is 30.7 Å². The zero-order valence-corrected chi connectivity index (χ0v) is 11.0. The maximum atomic E-state index is 12.0. The fraction of sp³-hybridized carbons (Fsp3) is 0.133. The van der Waals surface area contributed by atoms with Crippen LogP contribution in [-0.4, -0.2) is 14.0 Å². The van der Waals surface area contributed by atoms with Crippen LogP contribution in [0.15, 0.2) is 58.4 Å². The quantitative estimate of drug-likeness (QED) is 0.701. The van der Waals surface area contributed by atoms with Crippen molar-refractivity contribution in [3.05, 3.63) is 80.8 Å². The van der Waals surface area contributed by atoms with E-state index < -0.39 is 0 Å². The first-order chi connectivity index (χ1) is 9.63. The molecule has 0 amide bonds. The largest absolute Gasteiger partial charge is 0.310 e. The summed E-state index contributed by atoms with van der Waals surface area (Å²) >= 11 is 0. The van der Waals surface area contributed by atoms with Gasteiger partial charge < -0.3 is 4.57 Å². The van der Waals surface area contributed by atoms with Gasteiger partial charge in [0.05, 0.1) is 12.2 Å². The predicted octanol–water partition coefficient (Wildman–Crippen LogP) is 1.21. The molecule has 3 aromatic heterocycles. The van der Waals surface area contributed by atoms with Gasteiger partial charge in [-0.1, -0.05) is 6.07 Å². The van der Waals surface area contributed by atoms with Gasteiger partial charge in [0.2, 0.25) is 0 Å². The molecule has 0 radical (unpaired) electrons. The Labute approximate surface area is 114 Å². The van der Waals surface area contributed by atoms with Crippen LogP contribution in [0.1, 0.15) is 11.3 Å². The highest BCUT2D eigenvalue weighted by Crippen LogP contribution is 2.00. The van der Waals surface area contributed by atoms with Gasteiger partial charge in [-0.25, -0.2) is 4.98 Å². The third-order valence-corrected chi connectivity index (χ3v) is 3.11. The molecular formula is C15H13N3O2. The summed E-state index contributed by atoms with van der Waals surface area (Å²) in [5.74, 6) is 0. The molecule has 0 spiro atoms. The van der Waals surface area contributed by atoms with Crippen LogP contribution in [0, 0.1) is 6.92 Å². The van der Waals surface area contributed by atoms with E-state index in [-0.39, 0.29) is 11.1 Å². The van der Waals surface area contributed by atoms with Crippen LogP contribution in [-0.2, 0) is 6.54 Å². The monoisotopic (exact) mass is 267 g/mol. The smallest absolute Gasteiger partial charge is 0.258 e. The van der Waals surface area contributed by atoms with E-state index in [1.54, 1.807) is 30.6 Å². The van der Waals surface area contributed by atoms with Crippen LogP contribution >= 0.6 is 0 Å². The second kappa shape index (κ2) is 4.77. The first-order valence-corrected chi connectivity index (χ1v) is 6.28. The minimum absolute atomic E-state index is 0.0972. The fourth-order valence-corrected chi connectivity index (χ4v) is 2.10. The molecule has 0 N–H and O–H groups in total. The molecule has 0 aromatic carbocycles. The third-order valence-electron chi connectivity index (χ3n) is 3.11. The number of hydrogen-bond donors (Lipinski definition) is 0. The van der Waals surface area contributed by atoms with Crippen LogP contribution < -0.4 is 11.1 Å². The molecule has 0 fully saturated rings. The molecule has 0 saturated carbocycles. The minimum Gasteiger partial charge on any atom is -0.310 e. The lowest BCUT2D eigenvalue weighted by Gasteiger charge is -2.06. The topological polar surface area (TPSA) is 56.4 Å². The van der Waals surface area contributed by atoms with Crippen molar-refractivity contribution in [1.29, 1.82) is 0 Å². The van der Waals surface area contributed by atoms with Gasteiger partial charge in [0.15, 0.2) is 0 Å². The summed E-state index contributed by atoms with van der Waals surface area (Å²) in [4.78, 5) is 28.2. The number of aryl methyl sites for hydroxylation is 1. The molecular weight excluding hydrogens is 254 g/mol. The molecule has 0 atom stereocenters. The summed E-state index contributed by atoms with van der Waals surface area (Å²) in [7, 11) is 0. The van der Waals surface area contributed by atoms with E-state index in [2.05, 4.69) is 4.98 Å². The molecule has 5 nitrogen and oxygen atoms in total. The van der Waals surface area contributed by atoms with Crippen molar-refractivity contribution < 1.29 is 0 Å². The summed E-state index contributed by atoms with van der Waals surface area (Å²) in [6, 6.07) is 10.2. The van der Waals surface area contributed by atoms with E-state index >= 15 is 0 Å². The van der Waals surface area contributed by atoms with Crippen molar-refractivity contribution in [3.8, 4) is 0 Å². The Balaban J connectivity index is 2.07. The van der Waals surface area contributed by atoms with Gasteiger partial charge in [-0.15, -0.1) is 0 Å². The number of fused-ring (bicyclic) bond motifs is 1. The fourth-order valence-electron chi connectivity index (χ4n) is 2.10. The van der Waals surface area contributed by atoms with E-state index in [9.17, 15) is 9.59 Å². The van der Waals surface area contributed by atoms with Gasteiger partial charge in [-0.3, -0.25) is 14.0 Å². The Bertz CT molecular complexity index is 893. The third kappa shape index (κ3) is 2.25. The van der Waals surface area contributed by atoms with Crippen molar-refractivity contribution in [2.24, 2.45) is 0 Å². The van der Waals surface area contributed by atoms with Gasteiger partial charge in [0.1, 0.15) is 5.65 Å². The molecule has 20 heavy (non-hydrogen) atoms. The number of hydrogen-bond acceptors (Lipinski definition) is 3. The summed E-state index contributed by atoms with van der Waals surface area (Å²) in [5, 5.41) is 0. The molecule has 3 heterocycles. The Morgan fingerprint density at radius 3 is 2.70 bits per heavy atom. The average molecular weight is 267 g/mol. The molecule has 3 aromatic rings. The van der Waals surface area contributed by atoms with Crippen LogP contribution in [0.4, 0.5) is 0 Å². The summed E-state index contributed by atoms with van der Waals surface area (Å²) in [6.45, 7) is 2.16. The molecule has 0 unspecified atom stereocenters. The number of nitrogens with zero attached hydrogens (tertiary/aromatic N) is 3. The van der Waals surface area contributed by atoms with E-state index in [0.717, 1.165) is 5.56 Å². The number of pyridine rings is 2. The zero-order chi connectivity index (χ0) is 14.1. The standard InChI is InChI=1S/C15H13N3O2/c1-11-5-7-17(14(19)8-11)10-12-9-15(20)18-6-3-2-4-13(18)16-12/h2-9H,10H2,1H3. The van der Waals surface area contributed by atoms with E-state index in [1.165, 1.54) is 15.0 Å². The Morgan fingerprint density at radius 2 is 1.90 bits per heavy atom. The lowest BCUT2D eigenvalue weighted by atomic mass is 10.3. The van der Waals surface area contributed by atoms with E-state index in [4.69, 9.17) is 0 Å². The van der Waals surface area contributed by atoms with E-state index in [0.29, 0.717) is 17.9 Å². The highest BCUT2D eigenvalue weighted by Gasteiger charge is 2.03. The lowest BCUT2D eigenvalue weighted by Crippen LogP contribution is -2.22. The normalized spacial score (nSPS) is 10.8. The maximum Gasteiger partial charge on any atom is 0.258 e. The van der Waals surface area contributed by atoms with Crippen molar-refractivity contribution >= 4 is 5.65 Å². The van der Waals surface area contributed by atoms with E-state index in [1.807, 2.05) is 19.1 Å². The second-order valence-electron chi connectivity index (χ2n) is 4.68. The molecule has 0 aliphatic carbocycles. The molecule has 100 valence electrons.